The number of carbonyl (C=O) groups excluding carboxylic acids is 2. The SMILES string of the molecule is COc1ccc(C(=O)N[C@@H](C(=O)Nc2cc(C(F)(F)F)ccc2-n2cncn2)C(C)C)cc1. The van der Waals surface area contributed by atoms with E-state index in [1.165, 1.54) is 30.5 Å². The van der Waals surface area contributed by atoms with Crippen LogP contribution in [0.1, 0.15) is 29.8 Å². The topological polar surface area (TPSA) is 98.1 Å². The number of anilines is 1. The highest BCUT2D eigenvalue weighted by atomic mass is 19.4. The fourth-order valence-electron chi connectivity index (χ4n) is 3.06. The van der Waals surface area contributed by atoms with E-state index in [9.17, 15) is 22.8 Å². The molecule has 0 unspecified atom stereocenters. The number of amides is 2. The molecule has 2 aromatic carbocycles. The van der Waals surface area contributed by atoms with E-state index in [0.29, 0.717) is 11.3 Å². The lowest BCUT2D eigenvalue weighted by Crippen LogP contribution is -2.47. The van der Waals surface area contributed by atoms with Crippen molar-refractivity contribution < 1.29 is 27.5 Å². The molecule has 1 aromatic heterocycles. The maximum atomic E-state index is 13.3. The van der Waals surface area contributed by atoms with Crippen LogP contribution in [0, 0.1) is 5.92 Å². The predicted octanol–water partition coefficient (Wildman–Crippen LogP) is 3.69. The molecule has 0 bridgehead atoms. The van der Waals surface area contributed by atoms with E-state index >= 15 is 0 Å². The molecule has 1 heterocycles. The Morgan fingerprint density at radius 1 is 1.09 bits per heavy atom. The molecule has 0 saturated carbocycles. The minimum Gasteiger partial charge on any atom is -0.497 e. The van der Waals surface area contributed by atoms with E-state index in [1.807, 2.05) is 0 Å². The number of ether oxygens (including phenoxy) is 1. The normalized spacial score (nSPS) is 12.3. The third kappa shape index (κ3) is 5.68. The number of carbonyl (C=O) groups is 2. The highest BCUT2D eigenvalue weighted by molar-refractivity contribution is 6.02. The molecule has 0 fully saturated rings. The van der Waals surface area contributed by atoms with Crippen LogP contribution in [0.3, 0.4) is 0 Å². The molecule has 0 aliphatic rings. The van der Waals surface area contributed by atoms with Crippen LogP contribution in [0.5, 0.6) is 5.75 Å². The molecule has 3 rings (SSSR count). The quantitative estimate of drug-likeness (QED) is 0.559. The van der Waals surface area contributed by atoms with Gasteiger partial charge in [-0.2, -0.15) is 18.3 Å². The number of halogens is 3. The molecule has 1 atom stereocenters. The molecule has 3 aromatic rings. The molecular weight excluding hydrogens is 439 g/mol. The second-order valence-corrected chi connectivity index (χ2v) is 7.48. The van der Waals surface area contributed by atoms with Crippen LogP contribution in [0.4, 0.5) is 18.9 Å². The third-order valence-electron chi connectivity index (χ3n) is 4.84. The van der Waals surface area contributed by atoms with Crippen LogP contribution in [0.15, 0.2) is 55.1 Å². The van der Waals surface area contributed by atoms with E-state index in [1.54, 1.807) is 38.1 Å². The second kappa shape index (κ2) is 9.72. The van der Waals surface area contributed by atoms with Gasteiger partial charge in [0.2, 0.25) is 5.91 Å². The molecule has 2 N–H and O–H groups in total. The lowest BCUT2D eigenvalue weighted by Gasteiger charge is -2.23. The first kappa shape index (κ1) is 23.8. The second-order valence-electron chi connectivity index (χ2n) is 7.48. The first-order valence-electron chi connectivity index (χ1n) is 9.92. The standard InChI is InChI=1S/C22H22F3N5O3/c1-13(2)19(29-20(31)14-4-7-16(33-3)8-5-14)21(32)28-17-10-15(22(23,24)25)6-9-18(17)30-12-26-11-27-30/h4-13,19H,1-3H3,(H,28,32)(H,29,31)/t19-/m1/s1. The van der Waals surface area contributed by atoms with Crippen molar-refractivity contribution in [2.24, 2.45) is 5.92 Å². The number of hydrogen-bond acceptors (Lipinski definition) is 5. The molecule has 0 spiro atoms. The summed E-state index contributed by atoms with van der Waals surface area (Å²) in [6.07, 6.45) is -2.10. The minimum absolute atomic E-state index is 0.121. The number of nitrogens with zero attached hydrogens (tertiary/aromatic N) is 3. The van der Waals surface area contributed by atoms with Gasteiger partial charge in [0.25, 0.3) is 5.91 Å². The number of hydrogen-bond donors (Lipinski definition) is 2. The van der Waals surface area contributed by atoms with Gasteiger partial charge in [0.15, 0.2) is 0 Å². The summed E-state index contributed by atoms with van der Waals surface area (Å²) in [5.41, 5.74) is -0.566. The Balaban J connectivity index is 1.87. The van der Waals surface area contributed by atoms with Crippen molar-refractivity contribution in [1.29, 1.82) is 0 Å². The Labute approximate surface area is 187 Å². The van der Waals surface area contributed by atoms with Gasteiger partial charge >= 0.3 is 6.18 Å². The van der Waals surface area contributed by atoms with Crippen LogP contribution in [-0.4, -0.2) is 39.7 Å². The highest BCUT2D eigenvalue weighted by Gasteiger charge is 2.32. The Morgan fingerprint density at radius 3 is 2.33 bits per heavy atom. The van der Waals surface area contributed by atoms with Crippen LogP contribution in [-0.2, 0) is 11.0 Å². The highest BCUT2D eigenvalue weighted by Crippen LogP contribution is 2.33. The van der Waals surface area contributed by atoms with Gasteiger partial charge in [-0.3, -0.25) is 9.59 Å². The van der Waals surface area contributed by atoms with Crippen molar-refractivity contribution in [3.05, 3.63) is 66.2 Å². The summed E-state index contributed by atoms with van der Waals surface area (Å²) in [4.78, 5) is 29.5. The molecule has 2 amide bonds. The van der Waals surface area contributed by atoms with Crippen molar-refractivity contribution in [1.82, 2.24) is 20.1 Å². The number of methoxy groups -OCH3 is 1. The monoisotopic (exact) mass is 461 g/mol. The van der Waals surface area contributed by atoms with Crippen molar-refractivity contribution in [2.75, 3.05) is 12.4 Å². The fraction of sp³-hybridized carbons (Fsp3) is 0.273. The maximum absolute atomic E-state index is 13.3. The first-order chi connectivity index (χ1) is 15.6. The summed E-state index contributed by atoms with van der Waals surface area (Å²) in [5.74, 6) is -0.970. The Hall–Kier alpha value is -3.89. The third-order valence-corrected chi connectivity index (χ3v) is 4.84. The summed E-state index contributed by atoms with van der Waals surface area (Å²) < 4.78 is 46.1. The van der Waals surface area contributed by atoms with Crippen LogP contribution in [0.2, 0.25) is 0 Å². The lowest BCUT2D eigenvalue weighted by atomic mass is 10.0. The van der Waals surface area contributed by atoms with Gasteiger partial charge in [0.05, 0.1) is 24.0 Å². The Morgan fingerprint density at radius 2 is 1.79 bits per heavy atom. The zero-order chi connectivity index (χ0) is 24.2. The predicted molar refractivity (Wildman–Crippen MR) is 114 cm³/mol. The maximum Gasteiger partial charge on any atom is 0.416 e. The van der Waals surface area contributed by atoms with Gasteiger partial charge in [-0.15, -0.1) is 0 Å². The van der Waals surface area contributed by atoms with Crippen molar-refractivity contribution in [3.8, 4) is 11.4 Å². The zero-order valence-corrected chi connectivity index (χ0v) is 18.1. The van der Waals surface area contributed by atoms with E-state index in [0.717, 1.165) is 12.1 Å². The van der Waals surface area contributed by atoms with Gasteiger partial charge in [-0.05, 0) is 48.4 Å². The molecule has 8 nitrogen and oxygen atoms in total. The average molecular weight is 461 g/mol. The summed E-state index contributed by atoms with van der Waals surface area (Å²) in [7, 11) is 1.50. The number of rotatable bonds is 7. The molecule has 174 valence electrons. The molecule has 0 saturated heterocycles. The van der Waals surface area contributed by atoms with Crippen LogP contribution >= 0.6 is 0 Å². The minimum atomic E-state index is -4.61. The van der Waals surface area contributed by atoms with Crippen molar-refractivity contribution in [2.45, 2.75) is 26.1 Å². The van der Waals surface area contributed by atoms with Crippen molar-refractivity contribution >= 4 is 17.5 Å². The smallest absolute Gasteiger partial charge is 0.416 e. The Kier molecular flexibility index (Phi) is 7.00. The van der Waals surface area contributed by atoms with Gasteiger partial charge in [0.1, 0.15) is 24.4 Å². The lowest BCUT2D eigenvalue weighted by molar-refractivity contribution is -0.137. The molecule has 0 radical (unpaired) electrons. The molecule has 33 heavy (non-hydrogen) atoms. The van der Waals surface area contributed by atoms with Crippen LogP contribution < -0.4 is 15.4 Å². The van der Waals surface area contributed by atoms with Gasteiger partial charge in [0, 0.05) is 5.56 Å². The average Bonchev–Trinajstić information content (AvgIpc) is 3.31. The number of nitrogens with one attached hydrogen (secondary N) is 2. The van der Waals surface area contributed by atoms with Crippen molar-refractivity contribution in [3.63, 3.8) is 0 Å². The van der Waals surface area contributed by atoms with Gasteiger partial charge in [-0.1, -0.05) is 13.8 Å². The first-order valence-corrected chi connectivity index (χ1v) is 9.92. The van der Waals surface area contributed by atoms with Crippen LogP contribution in [0.25, 0.3) is 5.69 Å². The molecule has 0 aliphatic heterocycles. The summed E-state index contributed by atoms with van der Waals surface area (Å²) in [5, 5.41) is 9.07. The number of alkyl halides is 3. The van der Waals surface area contributed by atoms with Gasteiger partial charge in [-0.25, -0.2) is 9.67 Å². The van der Waals surface area contributed by atoms with E-state index in [2.05, 4.69) is 20.7 Å². The molecular formula is C22H22F3N5O3. The molecule has 11 heteroatoms. The van der Waals surface area contributed by atoms with Gasteiger partial charge < -0.3 is 15.4 Å². The van der Waals surface area contributed by atoms with E-state index < -0.39 is 29.6 Å². The summed E-state index contributed by atoms with van der Waals surface area (Å²) in [6, 6.07) is 8.16. The Bertz CT molecular complexity index is 1110. The fourth-order valence-corrected chi connectivity index (χ4v) is 3.06. The zero-order valence-electron chi connectivity index (χ0n) is 18.1. The largest absolute Gasteiger partial charge is 0.497 e. The number of benzene rings is 2. The molecule has 0 aliphatic carbocycles. The van der Waals surface area contributed by atoms with E-state index in [-0.39, 0.29) is 17.3 Å². The van der Waals surface area contributed by atoms with E-state index in [4.69, 9.17) is 4.74 Å². The number of aromatic nitrogens is 3. The summed E-state index contributed by atoms with van der Waals surface area (Å²) in [6.45, 7) is 3.42. The summed E-state index contributed by atoms with van der Waals surface area (Å²) >= 11 is 0.